The second-order valence-electron chi connectivity index (χ2n) is 9.63. The third kappa shape index (κ3) is 8.33. The quantitative estimate of drug-likeness (QED) is 0.0850. The van der Waals surface area contributed by atoms with Gasteiger partial charge in [0.15, 0.2) is 12.4 Å². The number of carbonyl (C=O) groups excluding carboxylic acids is 3. The second kappa shape index (κ2) is 15.3. The van der Waals surface area contributed by atoms with Crippen molar-refractivity contribution < 1.29 is 38.8 Å². The number of nitrogens with one attached hydrogen (secondary N) is 2. The van der Waals surface area contributed by atoms with E-state index in [9.17, 15) is 34.2 Å². The third-order valence-corrected chi connectivity index (χ3v) is 10.8. The predicted molar refractivity (Wildman–Crippen MR) is 168 cm³/mol. The molecule has 44 heavy (non-hydrogen) atoms. The van der Waals surface area contributed by atoms with Crippen LogP contribution < -0.4 is 20.9 Å². The number of urea groups is 1. The number of nitrogens with zero attached hydrogens (tertiary/aromatic N) is 2. The minimum atomic E-state index is -1.23. The van der Waals surface area contributed by atoms with Crippen molar-refractivity contribution in [1.29, 1.82) is 0 Å². The van der Waals surface area contributed by atoms with Gasteiger partial charge in [0.2, 0.25) is 5.91 Å². The summed E-state index contributed by atoms with van der Waals surface area (Å²) in [4.78, 5) is 63.0. The average Bonchev–Trinajstić information content (AvgIpc) is 2.98. The summed E-state index contributed by atoms with van der Waals surface area (Å²) in [6.07, 6.45) is 3.96. The zero-order chi connectivity index (χ0) is 32.0. The van der Waals surface area contributed by atoms with E-state index < -0.39 is 41.3 Å². The number of thioether (sulfide) groups is 3. The molecule has 1 aromatic carbocycles. The van der Waals surface area contributed by atoms with Crippen LogP contribution in [0.4, 0.5) is 4.79 Å². The zero-order valence-electron chi connectivity index (χ0n) is 22.9. The maximum absolute atomic E-state index is 13.0. The van der Waals surface area contributed by atoms with E-state index in [0.717, 1.165) is 4.90 Å². The molecule has 3 heterocycles. The lowest BCUT2D eigenvalue weighted by Gasteiger charge is -2.49. The Hall–Kier alpha value is -3.11. The van der Waals surface area contributed by atoms with Crippen molar-refractivity contribution in [2.24, 2.45) is 5.73 Å². The van der Waals surface area contributed by atoms with E-state index in [4.69, 9.17) is 28.9 Å². The largest absolute Gasteiger partial charge is 0.477 e. The average molecular weight is 702 g/mol. The molecular weight excluding hydrogens is 673 g/mol. The molecule has 2 aliphatic heterocycles. The lowest BCUT2D eigenvalue weighted by atomic mass is 10.0. The summed E-state index contributed by atoms with van der Waals surface area (Å²) < 4.78 is 1.55. The van der Waals surface area contributed by atoms with Crippen molar-refractivity contribution in [3.63, 3.8) is 0 Å². The number of fused-ring (bicyclic) bond motifs is 1. The van der Waals surface area contributed by atoms with Gasteiger partial charge in [0.05, 0.1) is 10.8 Å². The smallest absolute Gasteiger partial charge is 0.373 e. The Kier molecular flexibility index (Phi) is 11.7. The summed E-state index contributed by atoms with van der Waals surface area (Å²) in [6, 6.07) is 6.03. The number of carboxylic acids is 2. The number of pyridine rings is 1. The van der Waals surface area contributed by atoms with Gasteiger partial charge >= 0.3 is 18.0 Å². The van der Waals surface area contributed by atoms with Crippen molar-refractivity contribution in [2.45, 2.75) is 40.1 Å². The zero-order valence-corrected chi connectivity index (χ0v) is 26.9. The molecule has 4 amide bonds. The summed E-state index contributed by atoms with van der Waals surface area (Å²) in [5, 5.41) is 25.1. The summed E-state index contributed by atoms with van der Waals surface area (Å²) >= 11 is 16.1. The number of carboxylic acid groups (broad SMARTS) is 2. The van der Waals surface area contributed by atoms with Crippen LogP contribution in [-0.4, -0.2) is 80.1 Å². The molecular formula is C27H28Cl2N5O7S3+. The van der Waals surface area contributed by atoms with Crippen molar-refractivity contribution in [2.75, 3.05) is 23.8 Å². The Labute approximate surface area is 275 Å². The molecule has 2 aliphatic rings. The SMILES string of the molecule is NC(=O)NCCC[C@@H](C(=O)O)[n+]1ccc(SCC2=C(C(=O)O)N3C(=O)[C@H](NC(=O)CSc4cc(Cl)ccc4Cl)[C@H]3SC2)cc1. The predicted octanol–water partition coefficient (Wildman–Crippen LogP) is 2.98. The van der Waals surface area contributed by atoms with E-state index in [1.165, 1.54) is 40.2 Å². The van der Waals surface area contributed by atoms with E-state index in [0.29, 0.717) is 38.4 Å². The number of aromatic nitrogens is 1. The van der Waals surface area contributed by atoms with Crippen LogP contribution in [-0.2, 0) is 19.2 Å². The molecule has 3 atom stereocenters. The van der Waals surface area contributed by atoms with Crippen LogP contribution in [0.3, 0.4) is 0 Å². The number of nitrogens with two attached hydrogens (primary N) is 1. The fraction of sp³-hybridized carbons (Fsp3) is 0.333. The van der Waals surface area contributed by atoms with Gasteiger partial charge in [-0.25, -0.2) is 14.4 Å². The number of hydrogen-bond donors (Lipinski definition) is 5. The minimum Gasteiger partial charge on any atom is -0.477 e. The van der Waals surface area contributed by atoms with Gasteiger partial charge in [-0.1, -0.05) is 23.2 Å². The van der Waals surface area contributed by atoms with E-state index >= 15 is 0 Å². The van der Waals surface area contributed by atoms with Crippen LogP contribution in [0.25, 0.3) is 0 Å². The van der Waals surface area contributed by atoms with Gasteiger partial charge in [0.1, 0.15) is 17.1 Å². The molecule has 234 valence electrons. The number of rotatable bonds is 14. The van der Waals surface area contributed by atoms with Crippen molar-refractivity contribution in [1.82, 2.24) is 15.5 Å². The van der Waals surface area contributed by atoms with Crippen molar-refractivity contribution >= 4 is 88.3 Å². The van der Waals surface area contributed by atoms with E-state index in [2.05, 4.69) is 10.6 Å². The van der Waals surface area contributed by atoms with Crippen LogP contribution in [0.2, 0.25) is 10.0 Å². The Balaban J connectivity index is 1.34. The Morgan fingerprint density at radius 1 is 1.14 bits per heavy atom. The molecule has 1 fully saturated rings. The van der Waals surface area contributed by atoms with E-state index in [1.807, 2.05) is 0 Å². The van der Waals surface area contributed by atoms with Crippen molar-refractivity contribution in [3.05, 3.63) is 64.0 Å². The fourth-order valence-electron chi connectivity index (χ4n) is 4.55. The highest BCUT2D eigenvalue weighted by Gasteiger charge is 2.54. The van der Waals surface area contributed by atoms with Gasteiger partial charge < -0.3 is 26.6 Å². The molecule has 2 aromatic rings. The summed E-state index contributed by atoms with van der Waals surface area (Å²) in [5.41, 5.74) is 5.51. The Morgan fingerprint density at radius 2 is 1.86 bits per heavy atom. The van der Waals surface area contributed by atoms with Crippen LogP contribution in [0.1, 0.15) is 18.9 Å². The first-order valence-electron chi connectivity index (χ1n) is 13.1. The molecule has 0 radical (unpaired) electrons. The van der Waals surface area contributed by atoms with Crippen molar-refractivity contribution in [3.8, 4) is 0 Å². The normalized spacial score (nSPS) is 18.2. The number of β-lactam (4-membered cyclic amide) rings is 1. The van der Waals surface area contributed by atoms with Gasteiger partial charge in [0.25, 0.3) is 11.9 Å². The maximum atomic E-state index is 13.0. The number of carbonyl (C=O) groups is 5. The number of halogens is 2. The lowest BCUT2D eigenvalue weighted by Crippen LogP contribution is -2.70. The molecule has 0 unspecified atom stereocenters. The molecule has 6 N–H and O–H groups in total. The number of aliphatic carboxylic acids is 2. The molecule has 17 heteroatoms. The van der Waals surface area contributed by atoms with E-state index in [1.54, 1.807) is 47.3 Å². The second-order valence-corrected chi connectivity index (χ2v) is 13.6. The number of hydrogen-bond acceptors (Lipinski definition) is 8. The van der Waals surface area contributed by atoms with Crippen LogP contribution in [0.15, 0.2) is 63.8 Å². The Morgan fingerprint density at radius 3 is 2.52 bits per heavy atom. The number of benzene rings is 1. The molecule has 12 nitrogen and oxygen atoms in total. The first kappa shape index (κ1) is 33.8. The monoisotopic (exact) mass is 700 g/mol. The van der Waals surface area contributed by atoms with Gasteiger partial charge in [-0.05, 0) is 30.2 Å². The molecule has 1 saturated heterocycles. The number of amides is 4. The van der Waals surface area contributed by atoms with Crippen LogP contribution in [0, 0.1) is 0 Å². The van der Waals surface area contributed by atoms with Gasteiger partial charge in [-0.2, -0.15) is 4.57 Å². The Bertz CT molecular complexity index is 1490. The van der Waals surface area contributed by atoms with E-state index in [-0.39, 0.29) is 30.3 Å². The molecule has 0 bridgehead atoms. The molecule has 4 rings (SSSR count). The molecule has 1 aromatic heterocycles. The van der Waals surface area contributed by atoms with Gasteiger partial charge in [-0.15, -0.1) is 35.3 Å². The van der Waals surface area contributed by atoms with Gasteiger partial charge in [0, 0.05) is 51.4 Å². The molecule has 0 saturated carbocycles. The lowest BCUT2D eigenvalue weighted by molar-refractivity contribution is -0.711. The first-order chi connectivity index (χ1) is 21.0. The highest BCUT2D eigenvalue weighted by molar-refractivity contribution is 8.01. The topological polar surface area (TPSA) is 183 Å². The minimum absolute atomic E-state index is 0.00152. The summed E-state index contributed by atoms with van der Waals surface area (Å²) in [5.74, 6) is -2.47. The van der Waals surface area contributed by atoms with Gasteiger partial charge in [-0.3, -0.25) is 14.5 Å². The first-order valence-corrected chi connectivity index (χ1v) is 16.9. The van der Waals surface area contributed by atoms with Crippen LogP contribution >= 0.6 is 58.5 Å². The highest BCUT2D eigenvalue weighted by atomic mass is 35.5. The third-order valence-electron chi connectivity index (χ3n) is 6.65. The summed E-state index contributed by atoms with van der Waals surface area (Å²) in [6.45, 7) is 0.262. The fourth-order valence-corrected chi connectivity index (χ4v) is 8.22. The number of primary amides is 1. The molecule has 0 aliphatic carbocycles. The molecule has 0 spiro atoms. The summed E-state index contributed by atoms with van der Waals surface area (Å²) in [7, 11) is 0. The highest BCUT2D eigenvalue weighted by Crippen LogP contribution is 2.41. The maximum Gasteiger partial charge on any atom is 0.373 e. The van der Waals surface area contributed by atoms with Crippen LogP contribution in [0.5, 0.6) is 0 Å². The standard InChI is InChI=1S/C27H27Cl2N5O7S3/c28-15-3-4-17(29)19(10-15)43-13-20(35)32-21-23(36)34-22(26(39)40)14(12-44-24(21)34)11-42-16-5-8-33(9-6-16)18(25(37)38)2-1-7-31-27(30)41/h3-6,8-10,18,21,24H,1-2,7,11-13H2,(H5-,30,31,32,35,37,38,39,40,41)/p+1/t18-,21-,24+/m0/s1.